The second-order valence-electron chi connectivity index (χ2n) is 2.20. The van der Waals surface area contributed by atoms with Crippen LogP contribution in [0.25, 0.3) is 0 Å². The van der Waals surface area contributed by atoms with Gasteiger partial charge in [0.1, 0.15) is 0 Å². The minimum Gasteiger partial charge on any atom is -0.479 e. The molecule has 0 aromatic heterocycles. The Kier molecular flexibility index (Phi) is 5.78. The van der Waals surface area contributed by atoms with Crippen LogP contribution in [0.4, 0.5) is 0 Å². The highest BCUT2D eigenvalue weighted by atomic mass is 16.5. The fraction of sp³-hybridized carbons (Fsp3) is 0.857. The Morgan fingerprint density at radius 1 is 1.55 bits per heavy atom. The molecule has 0 saturated heterocycles. The minimum absolute atomic E-state index is 0.432. The largest absolute Gasteiger partial charge is 0.479 e. The van der Waals surface area contributed by atoms with Crippen LogP contribution in [-0.4, -0.2) is 37.5 Å². The summed E-state index contributed by atoms with van der Waals surface area (Å²) in [4.78, 5) is 10.2. The Morgan fingerprint density at radius 3 is 2.64 bits per heavy atom. The number of carboxylic acids is 1. The molecular formula is C7H14O4. The smallest absolute Gasteiger partial charge is 0.332 e. The van der Waals surface area contributed by atoms with Crippen LogP contribution in [0, 0.1) is 0 Å². The van der Waals surface area contributed by atoms with Crippen LogP contribution in [0.1, 0.15) is 13.3 Å². The van der Waals surface area contributed by atoms with Crippen LogP contribution in [0.5, 0.6) is 0 Å². The Morgan fingerprint density at radius 2 is 2.18 bits per heavy atom. The standard InChI is InChI=1S/C7H14O4/c1-6(7(8)9)11-5-3-4-10-2/h6H,3-5H2,1-2H3,(H,8,9). The average molecular weight is 162 g/mol. The van der Waals surface area contributed by atoms with Crippen molar-refractivity contribution in [3.63, 3.8) is 0 Å². The molecule has 0 saturated carbocycles. The summed E-state index contributed by atoms with van der Waals surface area (Å²) in [5.41, 5.74) is 0. The first-order valence-electron chi connectivity index (χ1n) is 3.52. The van der Waals surface area contributed by atoms with Gasteiger partial charge in [-0.25, -0.2) is 4.79 Å². The van der Waals surface area contributed by atoms with E-state index in [9.17, 15) is 4.79 Å². The maximum atomic E-state index is 10.2. The van der Waals surface area contributed by atoms with Crippen LogP contribution in [-0.2, 0) is 14.3 Å². The molecule has 0 amide bonds. The Labute approximate surface area is 66.1 Å². The van der Waals surface area contributed by atoms with Gasteiger partial charge in [-0.2, -0.15) is 0 Å². The van der Waals surface area contributed by atoms with Crippen molar-refractivity contribution in [1.29, 1.82) is 0 Å². The number of rotatable bonds is 6. The Hall–Kier alpha value is -0.610. The molecule has 1 atom stereocenters. The molecule has 0 fully saturated rings. The van der Waals surface area contributed by atoms with E-state index in [-0.39, 0.29) is 0 Å². The van der Waals surface area contributed by atoms with Gasteiger partial charge in [-0.05, 0) is 13.3 Å². The lowest BCUT2D eigenvalue weighted by Crippen LogP contribution is -2.20. The monoisotopic (exact) mass is 162 g/mol. The number of ether oxygens (including phenoxy) is 2. The lowest BCUT2D eigenvalue weighted by Gasteiger charge is -2.06. The maximum Gasteiger partial charge on any atom is 0.332 e. The molecule has 0 bridgehead atoms. The zero-order chi connectivity index (χ0) is 8.69. The highest BCUT2D eigenvalue weighted by molar-refractivity contribution is 5.71. The molecule has 0 spiro atoms. The van der Waals surface area contributed by atoms with Gasteiger partial charge in [0.25, 0.3) is 0 Å². The predicted molar refractivity (Wildman–Crippen MR) is 39.5 cm³/mol. The Bertz CT molecular complexity index is 113. The van der Waals surface area contributed by atoms with Crippen LogP contribution < -0.4 is 0 Å². The molecule has 0 radical (unpaired) electrons. The number of aliphatic carboxylic acids is 1. The maximum absolute atomic E-state index is 10.2. The molecule has 0 rings (SSSR count). The van der Waals surface area contributed by atoms with Crippen LogP contribution >= 0.6 is 0 Å². The van der Waals surface area contributed by atoms with Gasteiger partial charge in [0.2, 0.25) is 0 Å². The molecule has 11 heavy (non-hydrogen) atoms. The van der Waals surface area contributed by atoms with E-state index in [2.05, 4.69) is 0 Å². The number of hydrogen-bond donors (Lipinski definition) is 1. The summed E-state index contributed by atoms with van der Waals surface area (Å²) >= 11 is 0. The van der Waals surface area contributed by atoms with Crippen molar-refractivity contribution in [1.82, 2.24) is 0 Å². The van der Waals surface area contributed by atoms with Crippen molar-refractivity contribution in [2.75, 3.05) is 20.3 Å². The van der Waals surface area contributed by atoms with E-state index in [4.69, 9.17) is 14.6 Å². The SMILES string of the molecule is COCCCOC(C)C(=O)O. The normalized spacial score (nSPS) is 12.9. The number of carbonyl (C=O) groups is 1. The highest BCUT2D eigenvalue weighted by Crippen LogP contribution is 1.92. The average Bonchev–Trinajstić information content (AvgIpc) is 1.97. The molecule has 1 N–H and O–H groups in total. The van der Waals surface area contributed by atoms with E-state index in [1.807, 2.05) is 0 Å². The van der Waals surface area contributed by atoms with Gasteiger partial charge in [-0.15, -0.1) is 0 Å². The molecule has 0 aliphatic carbocycles. The summed E-state index contributed by atoms with van der Waals surface area (Å²) in [6.07, 6.45) is 0.0144. The second kappa shape index (κ2) is 6.12. The summed E-state index contributed by atoms with van der Waals surface area (Å²) in [6, 6.07) is 0. The van der Waals surface area contributed by atoms with Crippen molar-refractivity contribution >= 4 is 5.97 Å². The molecule has 0 heterocycles. The molecule has 0 aliphatic heterocycles. The van der Waals surface area contributed by atoms with E-state index in [1.54, 1.807) is 7.11 Å². The summed E-state index contributed by atoms with van der Waals surface area (Å²) in [6.45, 7) is 2.54. The van der Waals surface area contributed by atoms with Crippen LogP contribution in [0.2, 0.25) is 0 Å². The topological polar surface area (TPSA) is 55.8 Å². The minimum atomic E-state index is -0.928. The summed E-state index contributed by atoms with van der Waals surface area (Å²) < 4.78 is 9.68. The van der Waals surface area contributed by atoms with E-state index in [1.165, 1.54) is 6.92 Å². The van der Waals surface area contributed by atoms with Gasteiger partial charge in [-0.1, -0.05) is 0 Å². The van der Waals surface area contributed by atoms with E-state index < -0.39 is 12.1 Å². The van der Waals surface area contributed by atoms with Gasteiger partial charge in [0, 0.05) is 20.3 Å². The molecule has 4 nitrogen and oxygen atoms in total. The van der Waals surface area contributed by atoms with Gasteiger partial charge in [0.15, 0.2) is 6.10 Å². The third-order valence-electron chi connectivity index (χ3n) is 1.21. The van der Waals surface area contributed by atoms with Gasteiger partial charge >= 0.3 is 5.97 Å². The number of carboxylic acid groups (broad SMARTS) is 1. The first kappa shape index (κ1) is 10.4. The van der Waals surface area contributed by atoms with Gasteiger partial charge in [0.05, 0.1) is 0 Å². The quantitative estimate of drug-likeness (QED) is 0.578. The first-order chi connectivity index (χ1) is 5.18. The summed E-state index contributed by atoms with van der Waals surface area (Å²) in [5, 5.41) is 8.38. The third-order valence-corrected chi connectivity index (χ3v) is 1.21. The second-order valence-corrected chi connectivity index (χ2v) is 2.20. The number of methoxy groups -OCH3 is 1. The molecule has 66 valence electrons. The summed E-state index contributed by atoms with van der Waals surface area (Å²) in [5.74, 6) is -0.928. The van der Waals surface area contributed by atoms with Crippen molar-refractivity contribution in [3.05, 3.63) is 0 Å². The third kappa shape index (κ3) is 5.82. The molecule has 4 heteroatoms. The van der Waals surface area contributed by atoms with E-state index in [0.29, 0.717) is 13.2 Å². The lowest BCUT2D eigenvalue weighted by atomic mass is 10.4. The van der Waals surface area contributed by atoms with E-state index in [0.717, 1.165) is 6.42 Å². The molecule has 0 aromatic rings. The van der Waals surface area contributed by atoms with Gasteiger partial charge in [-0.3, -0.25) is 0 Å². The Balaban J connectivity index is 3.17. The molecule has 1 unspecified atom stereocenters. The molecular weight excluding hydrogens is 148 g/mol. The summed E-state index contributed by atoms with van der Waals surface area (Å²) in [7, 11) is 1.60. The zero-order valence-electron chi connectivity index (χ0n) is 6.87. The number of hydrogen-bond acceptors (Lipinski definition) is 3. The van der Waals surface area contributed by atoms with Crippen molar-refractivity contribution in [3.8, 4) is 0 Å². The molecule has 0 aromatic carbocycles. The lowest BCUT2D eigenvalue weighted by molar-refractivity contribution is -0.149. The molecule has 0 aliphatic rings. The highest BCUT2D eigenvalue weighted by Gasteiger charge is 2.09. The fourth-order valence-corrected chi connectivity index (χ4v) is 0.535. The van der Waals surface area contributed by atoms with Crippen LogP contribution in [0.15, 0.2) is 0 Å². The fourth-order valence-electron chi connectivity index (χ4n) is 0.535. The van der Waals surface area contributed by atoms with Crippen LogP contribution in [0.3, 0.4) is 0 Å². The van der Waals surface area contributed by atoms with E-state index >= 15 is 0 Å². The first-order valence-corrected chi connectivity index (χ1v) is 3.52. The predicted octanol–water partition coefficient (Wildman–Crippen LogP) is 0.513. The van der Waals surface area contributed by atoms with Crippen molar-refractivity contribution in [2.24, 2.45) is 0 Å². The van der Waals surface area contributed by atoms with Crippen molar-refractivity contribution in [2.45, 2.75) is 19.4 Å². The van der Waals surface area contributed by atoms with Crippen molar-refractivity contribution < 1.29 is 19.4 Å². The van der Waals surface area contributed by atoms with Gasteiger partial charge < -0.3 is 14.6 Å². The zero-order valence-corrected chi connectivity index (χ0v) is 6.87.